The van der Waals surface area contributed by atoms with Gasteiger partial charge in [-0.2, -0.15) is 0 Å². The first-order valence-electron chi connectivity index (χ1n) is 6.08. The molecule has 0 aliphatic rings. The standard InChI is InChI=1S/C15H12N2O2S/c1-10-16-14(9-20-10)11-3-2-4-13(7-11)17-15(18)12-5-6-19-8-12/h2-9H,1H3,(H,17,18). The van der Waals surface area contributed by atoms with Crippen molar-refractivity contribution in [3.63, 3.8) is 0 Å². The molecule has 0 bridgehead atoms. The predicted octanol–water partition coefficient (Wildman–Crippen LogP) is 3.96. The van der Waals surface area contributed by atoms with Crippen LogP contribution in [0.15, 0.2) is 52.7 Å². The number of amides is 1. The Morgan fingerprint density at radius 3 is 2.95 bits per heavy atom. The SMILES string of the molecule is Cc1nc(-c2cccc(NC(=O)c3ccoc3)c2)cs1. The van der Waals surface area contributed by atoms with Crippen molar-refractivity contribution >= 4 is 22.9 Å². The number of hydrogen-bond acceptors (Lipinski definition) is 4. The molecule has 0 saturated carbocycles. The summed E-state index contributed by atoms with van der Waals surface area (Å²) in [4.78, 5) is 16.4. The van der Waals surface area contributed by atoms with Crippen molar-refractivity contribution in [3.8, 4) is 11.3 Å². The molecule has 0 spiro atoms. The Hall–Kier alpha value is -2.40. The number of aromatic nitrogens is 1. The van der Waals surface area contributed by atoms with Crippen LogP contribution in [0.5, 0.6) is 0 Å². The van der Waals surface area contributed by atoms with E-state index in [0.717, 1.165) is 22.0 Å². The third-order valence-electron chi connectivity index (χ3n) is 2.82. The lowest BCUT2D eigenvalue weighted by Crippen LogP contribution is -2.10. The second kappa shape index (κ2) is 5.30. The maximum atomic E-state index is 11.9. The van der Waals surface area contributed by atoms with Gasteiger partial charge in [-0.05, 0) is 25.1 Å². The molecular formula is C15H12N2O2S. The monoisotopic (exact) mass is 284 g/mol. The highest BCUT2D eigenvalue weighted by molar-refractivity contribution is 7.09. The summed E-state index contributed by atoms with van der Waals surface area (Å²) in [6, 6.07) is 9.26. The minimum atomic E-state index is -0.189. The summed E-state index contributed by atoms with van der Waals surface area (Å²) < 4.78 is 4.90. The first kappa shape index (κ1) is 12.6. The molecule has 0 fully saturated rings. The molecule has 1 N–H and O–H groups in total. The average Bonchev–Trinajstić information content (AvgIpc) is 3.10. The van der Waals surface area contributed by atoms with Gasteiger partial charge in [-0.25, -0.2) is 4.98 Å². The predicted molar refractivity (Wildman–Crippen MR) is 78.9 cm³/mol. The van der Waals surface area contributed by atoms with E-state index in [9.17, 15) is 4.79 Å². The lowest BCUT2D eigenvalue weighted by molar-refractivity contribution is 0.102. The van der Waals surface area contributed by atoms with Gasteiger partial charge in [-0.3, -0.25) is 4.79 Å². The lowest BCUT2D eigenvalue weighted by atomic mass is 10.1. The fourth-order valence-electron chi connectivity index (χ4n) is 1.85. The van der Waals surface area contributed by atoms with Crippen molar-refractivity contribution in [2.24, 2.45) is 0 Å². The van der Waals surface area contributed by atoms with E-state index in [1.165, 1.54) is 12.5 Å². The minimum Gasteiger partial charge on any atom is -0.472 e. The van der Waals surface area contributed by atoms with Crippen molar-refractivity contribution in [2.75, 3.05) is 5.32 Å². The normalized spacial score (nSPS) is 10.4. The van der Waals surface area contributed by atoms with Crippen LogP contribution in [0.25, 0.3) is 11.3 Å². The van der Waals surface area contributed by atoms with E-state index < -0.39 is 0 Å². The fraction of sp³-hybridized carbons (Fsp3) is 0.0667. The number of benzene rings is 1. The van der Waals surface area contributed by atoms with E-state index in [1.807, 2.05) is 36.6 Å². The Kier molecular flexibility index (Phi) is 3.35. The molecule has 0 saturated heterocycles. The van der Waals surface area contributed by atoms with Crippen molar-refractivity contribution < 1.29 is 9.21 Å². The van der Waals surface area contributed by atoms with Crippen molar-refractivity contribution in [3.05, 3.63) is 58.8 Å². The summed E-state index contributed by atoms with van der Waals surface area (Å²) in [5, 5.41) is 5.87. The third kappa shape index (κ3) is 2.62. The minimum absolute atomic E-state index is 0.189. The maximum absolute atomic E-state index is 11.9. The van der Waals surface area contributed by atoms with Crippen LogP contribution >= 0.6 is 11.3 Å². The maximum Gasteiger partial charge on any atom is 0.258 e. The van der Waals surface area contributed by atoms with Crippen molar-refractivity contribution in [1.82, 2.24) is 4.98 Å². The van der Waals surface area contributed by atoms with Crippen LogP contribution in [0.2, 0.25) is 0 Å². The number of anilines is 1. The van der Waals surface area contributed by atoms with Crippen LogP contribution in [0.3, 0.4) is 0 Å². The molecule has 20 heavy (non-hydrogen) atoms. The van der Waals surface area contributed by atoms with Gasteiger partial charge < -0.3 is 9.73 Å². The summed E-state index contributed by atoms with van der Waals surface area (Å²) in [6.07, 6.45) is 2.90. The zero-order valence-electron chi connectivity index (χ0n) is 10.8. The third-order valence-corrected chi connectivity index (χ3v) is 3.59. The van der Waals surface area contributed by atoms with Gasteiger partial charge in [0.25, 0.3) is 5.91 Å². The van der Waals surface area contributed by atoms with E-state index in [4.69, 9.17) is 4.42 Å². The Morgan fingerprint density at radius 2 is 2.25 bits per heavy atom. The van der Waals surface area contributed by atoms with Crippen molar-refractivity contribution in [2.45, 2.75) is 6.92 Å². The molecular weight excluding hydrogens is 272 g/mol. The Morgan fingerprint density at radius 1 is 1.35 bits per heavy atom. The Bertz CT molecular complexity index is 732. The van der Waals surface area contributed by atoms with Gasteiger partial charge >= 0.3 is 0 Å². The van der Waals surface area contributed by atoms with E-state index in [1.54, 1.807) is 17.4 Å². The molecule has 3 aromatic rings. The number of nitrogens with zero attached hydrogens (tertiary/aromatic N) is 1. The molecule has 0 aliphatic heterocycles. The highest BCUT2D eigenvalue weighted by Crippen LogP contribution is 2.24. The summed E-state index contributed by atoms with van der Waals surface area (Å²) >= 11 is 1.61. The molecule has 2 aromatic heterocycles. The summed E-state index contributed by atoms with van der Waals surface area (Å²) in [5.41, 5.74) is 3.14. The van der Waals surface area contributed by atoms with Crippen molar-refractivity contribution in [1.29, 1.82) is 0 Å². The Labute approximate surface area is 120 Å². The number of thiazole rings is 1. The largest absolute Gasteiger partial charge is 0.472 e. The van der Waals surface area contributed by atoms with Crippen LogP contribution in [0.4, 0.5) is 5.69 Å². The number of aryl methyl sites for hydroxylation is 1. The van der Waals surface area contributed by atoms with Gasteiger partial charge in [-0.1, -0.05) is 12.1 Å². The van der Waals surface area contributed by atoms with E-state index in [0.29, 0.717) is 5.56 Å². The first-order chi connectivity index (χ1) is 9.72. The van der Waals surface area contributed by atoms with Gasteiger partial charge in [0.05, 0.1) is 22.5 Å². The topological polar surface area (TPSA) is 55.1 Å². The first-order valence-corrected chi connectivity index (χ1v) is 6.96. The van der Waals surface area contributed by atoms with E-state index >= 15 is 0 Å². The van der Waals surface area contributed by atoms with Crippen LogP contribution in [0, 0.1) is 6.92 Å². The zero-order chi connectivity index (χ0) is 13.9. The van der Waals surface area contributed by atoms with Crippen LogP contribution in [-0.4, -0.2) is 10.9 Å². The summed E-state index contributed by atoms with van der Waals surface area (Å²) in [7, 11) is 0. The van der Waals surface area contributed by atoms with E-state index in [2.05, 4.69) is 10.3 Å². The van der Waals surface area contributed by atoms with Gasteiger partial charge in [0, 0.05) is 16.6 Å². The highest BCUT2D eigenvalue weighted by Gasteiger charge is 2.08. The summed E-state index contributed by atoms with van der Waals surface area (Å²) in [5.74, 6) is -0.189. The molecule has 2 heterocycles. The molecule has 100 valence electrons. The molecule has 0 aliphatic carbocycles. The van der Waals surface area contributed by atoms with Crippen LogP contribution < -0.4 is 5.32 Å². The number of rotatable bonds is 3. The number of carbonyl (C=O) groups is 1. The van der Waals surface area contributed by atoms with Gasteiger partial charge in [0.15, 0.2) is 0 Å². The molecule has 1 amide bonds. The lowest BCUT2D eigenvalue weighted by Gasteiger charge is -2.05. The fourth-order valence-corrected chi connectivity index (χ4v) is 2.47. The smallest absolute Gasteiger partial charge is 0.258 e. The molecule has 4 nitrogen and oxygen atoms in total. The number of carbonyl (C=O) groups excluding carboxylic acids is 1. The number of nitrogens with one attached hydrogen (secondary N) is 1. The van der Waals surface area contributed by atoms with Gasteiger partial charge in [-0.15, -0.1) is 11.3 Å². The summed E-state index contributed by atoms with van der Waals surface area (Å²) in [6.45, 7) is 1.97. The van der Waals surface area contributed by atoms with Gasteiger partial charge in [0.1, 0.15) is 6.26 Å². The molecule has 0 radical (unpaired) electrons. The quantitative estimate of drug-likeness (QED) is 0.792. The zero-order valence-corrected chi connectivity index (χ0v) is 11.6. The number of hydrogen-bond donors (Lipinski definition) is 1. The second-order valence-corrected chi connectivity index (χ2v) is 5.36. The molecule has 0 atom stereocenters. The molecule has 3 rings (SSSR count). The molecule has 5 heteroatoms. The van der Waals surface area contributed by atoms with E-state index in [-0.39, 0.29) is 5.91 Å². The Balaban J connectivity index is 1.83. The van der Waals surface area contributed by atoms with Gasteiger partial charge in [0.2, 0.25) is 0 Å². The second-order valence-electron chi connectivity index (χ2n) is 4.30. The van der Waals surface area contributed by atoms with Crippen LogP contribution in [-0.2, 0) is 0 Å². The molecule has 0 unspecified atom stereocenters. The van der Waals surface area contributed by atoms with Crippen LogP contribution in [0.1, 0.15) is 15.4 Å². The number of furan rings is 1. The highest BCUT2D eigenvalue weighted by atomic mass is 32.1. The average molecular weight is 284 g/mol. The molecule has 1 aromatic carbocycles.